The van der Waals surface area contributed by atoms with Gasteiger partial charge < -0.3 is 10.8 Å². The average molecular weight is 320 g/mol. The van der Waals surface area contributed by atoms with Crippen LogP contribution < -0.4 is 11.3 Å². The number of phenols is 1. The molecule has 0 bridgehead atoms. The summed E-state index contributed by atoms with van der Waals surface area (Å²) in [6, 6.07) is 13.8. The molecule has 0 fully saturated rings. The predicted molar refractivity (Wildman–Crippen MR) is 88.4 cm³/mol. The van der Waals surface area contributed by atoms with E-state index in [4.69, 9.17) is 5.73 Å². The summed E-state index contributed by atoms with van der Waals surface area (Å²) in [6.07, 6.45) is 0. The number of benzene rings is 2. The molecule has 24 heavy (non-hydrogen) atoms. The van der Waals surface area contributed by atoms with Crippen molar-refractivity contribution in [3.05, 3.63) is 58.9 Å². The van der Waals surface area contributed by atoms with Crippen molar-refractivity contribution in [2.75, 3.05) is 5.73 Å². The first-order chi connectivity index (χ1) is 11.6. The average Bonchev–Trinajstić information content (AvgIpc) is 3.00. The summed E-state index contributed by atoms with van der Waals surface area (Å²) in [5, 5.41) is 21.9. The summed E-state index contributed by atoms with van der Waals surface area (Å²) in [5.41, 5.74) is 7.17. The Morgan fingerprint density at radius 2 is 1.83 bits per heavy atom. The van der Waals surface area contributed by atoms with Crippen LogP contribution in [0.3, 0.4) is 0 Å². The summed E-state index contributed by atoms with van der Waals surface area (Å²) in [4.78, 5) is 14.9. The Bertz CT molecular complexity index is 1100. The van der Waals surface area contributed by atoms with Crippen LogP contribution in [-0.4, -0.2) is 29.9 Å². The van der Waals surface area contributed by atoms with Crippen molar-refractivity contribution in [1.82, 2.24) is 24.8 Å². The van der Waals surface area contributed by atoms with Crippen molar-refractivity contribution in [2.45, 2.75) is 0 Å². The van der Waals surface area contributed by atoms with Gasteiger partial charge >= 0.3 is 0 Å². The summed E-state index contributed by atoms with van der Waals surface area (Å²) < 4.78 is 1.44. The smallest absolute Gasteiger partial charge is 0.279 e. The molecule has 118 valence electrons. The SMILES string of the molecule is Nc1cc(-c2nnc3[nH]c(=O)c(-c4ccccc4)nn23)ccc1O. The molecule has 8 nitrogen and oxygen atoms in total. The number of nitrogens with two attached hydrogens (primary N) is 1. The number of aromatic hydroxyl groups is 1. The zero-order chi connectivity index (χ0) is 16.7. The highest BCUT2D eigenvalue weighted by Crippen LogP contribution is 2.26. The fourth-order valence-electron chi connectivity index (χ4n) is 2.42. The molecular weight excluding hydrogens is 308 g/mol. The first-order valence-electron chi connectivity index (χ1n) is 7.13. The third-order valence-electron chi connectivity index (χ3n) is 3.61. The van der Waals surface area contributed by atoms with Crippen LogP contribution in [0.25, 0.3) is 28.4 Å². The molecule has 0 aliphatic heterocycles. The van der Waals surface area contributed by atoms with Crippen molar-refractivity contribution in [2.24, 2.45) is 0 Å². The van der Waals surface area contributed by atoms with Gasteiger partial charge in [-0.3, -0.25) is 9.78 Å². The zero-order valence-electron chi connectivity index (χ0n) is 12.3. The predicted octanol–water partition coefficient (Wildman–Crippen LogP) is 1.43. The van der Waals surface area contributed by atoms with Gasteiger partial charge in [-0.1, -0.05) is 30.3 Å². The normalized spacial score (nSPS) is 11.0. The van der Waals surface area contributed by atoms with E-state index in [1.165, 1.54) is 10.6 Å². The summed E-state index contributed by atoms with van der Waals surface area (Å²) in [5.74, 6) is 0.616. The number of anilines is 1. The number of fused-ring (bicyclic) bond motifs is 1. The van der Waals surface area contributed by atoms with Gasteiger partial charge in [0.15, 0.2) is 11.5 Å². The van der Waals surface area contributed by atoms with E-state index in [2.05, 4.69) is 20.3 Å². The fraction of sp³-hybridized carbons (Fsp3) is 0. The fourth-order valence-corrected chi connectivity index (χ4v) is 2.42. The van der Waals surface area contributed by atoms with Gasteiger partial charge in [-0.2, -0.15) is 9.61 Å². The molecule has 2 aromatic heterocycles. The zero-order valence-corrected chi connectivity index (χ0v) is 12.3. The molecule has 0 aliphatic carbocycles. The number of nitrogens with one attached hydrogen (secondary N) is 1. The molecule has 0 saturated carbocycles. The van der Waals surface area contributed by atoms with E-state index in [1.807, 2.05) is 18.2 Å². The molecule has 0 spiro atoms. The number of nitrogen functional groups attached to an aromatic ring is 1. The number of rotatable bonds is 2. The molecule has 2 heterocycles. The van der Waals surface area contributed by atoms with E-state index >= 15 is 0 Å². The molecule has 0 radical (unpaired) electrons. The lowest BCUT2D eigenvalue weighted by Crippen LogP contribution is -2.15. The maximum Gasteiger partial charge on any atom is 0.279 e. The van der Waals surface area contributed by atoms with Crippen molar-refractivity contribution in [3.8, 4) is 28.4 Å². The quantitative estimate of drug-likeness (QED) is 0.379. The standard InChI is InChI=1S/C16H12N6O2/c17-11-8-10(6-7-12(11)23)14-19-20-16-18-15(24)13(21-22(14)16)9-4-2-1-3-5-9/h1-8,23H,17H2,(H,18,20,24). The van der Waals surface area contributed by atoms with E-state index in [9.17, 15) is 9.90 Å². The van der Waals surface area contributed by atoms with E-state index in [0.717, 1.165) is 0 Å². The maximum absolute atomic E-state index is 12.2. The minimum atomic E-state index is -0.349. The Hall–Kier alpha value is -3.68. The first-order valence-corrected chi connectivity index (χ1v) is 7.13. The lowest BCUT2D eigenvalue weighted by Gasteiger charge is -2.04. The first kappa shape index (κ1) is 13.9. The molecule has 4 aromatic rings. The number of nitrogens with zero attached hydrogens (tertiary/aromatic N) is 4. The Kier molecular flexibility index (Phi) is 3.02. The van der Waals surface area contributed by atoms with E-state index in [1.54, 1.807) is 24.3 Å². The number of hydrogen-bond donors (Lipinski definition) is 3. The van der Waals surface area contributed by atoms with Gasteiger partial charge in [-0.05, 0) is 18.2 Å². The molecule has 0 saturated heterocycles. The van der Waals surface area contributed by atoms with Crippen LogP contribution in [0.2, 0.25) is 0 Å². The summed E-state index contributed by atoms with van der Waals surface area (Å²) in [6.45, 7) is 0. The van der Waals surface area contributed by atoms with Gasteiger partial charge in [-0.25, -0.2) is 0 Å². The van der Waals surface area contributed by atoms with Crippen LogP contribution in [0, 0.1) is 0 Å². The molecule has 2 aromatic carbocycles. The maximum atomic E-state index is 12.2. The van der Waals surface area contributed by atoms with Gasteiger partial charge in [0.2, 0.25) is 0 Å². The Labute approximate surface area is 135 Å². The van der Waals surface area contributed by atoms with Gasteiger partial charge in [-0.15, -0.1) is 10.2 Å². The minimum Gasteiger partial charge on any atom is -0.506 e. The highest BCUT2D eigenvalue weighted by Gasteiger charge is 2.14. The number of H-pyrrole nitrogens is 1. The molecule has 0 unspecified atom stereocenters. The monoisotopic (exact) mass is 320 g/mol. The number of hydrogen-bond acceptors (Lipinski definition) is 6. The van der Waals surface area contributed by atoms with Gasteiger partial charge in [0.25, 0.3) is 11.3 Å². The summed E-state index contributed by atoms with van der Waals surface area (Å²) in [7, 11) is 0. The molecule has 4 rings (SSSR count). The molecule has 0 amide bonds. The van der Waals surface area contributed by atoms with Crippen molar-refractivity contribution < 1.29 is 5.11 Å². The van der Waals surface area contributed by atoms with Gasteiger partial charge in [0.05, 0.1) is 5.69 Å². The van der Waals surface area contributed by atoms with Crippen LogP contribution in [0.15, 0.2) is 53.3 Å². The number of aromatic nitrogens is 5. The van der Waals surface area contributed by atoms with E-state index < -0.39 is 0 Å². The van der Waals surface area contributed by atoms with Crippen molar-refractivity contribution in [3.63, 3.8) is 0 Å². The highest BCUT2D eigenvalue weighted by molar-refractivity contribution is 5.67. The largest absolute Gasteiger partial charge is 0.506 e. The number of phenolic OH excluding ortho intramolecular Hbond substituents is 1. The van der Waals surface area contributed by atoms with Gasteiger partial charge in [0, 0.05) is 11.1 Å². The second-order valence-corrected chi connectivity index (χ2v) is 5.20. The molecule has 8 heteroatoms. The van der Waals surface area contributed by atoms with Crippen LogP contribution in [0.5, 0.6) is 5.75 Å². The molecule has 0 atom stereocenters. The molecule has 4 N–H and O–H groups in total. The summed E-state index contributed by atoms with van der Waals surface area (Å²) >= 11 is 0. The van der Waals surface area contributed by atoms with Crippen LogP contribution in [0.4, 0.5) is 5.69 Å². The van der Waals surface area contributed by atoms with E-state index in [-0.39, 0.29) is 28.5 Å². The third-order valence-corrected chi connectivity index (χ3v) is 3.61. The van der Waals surface area contributed by atoms with Crippen LogP contribution >= 0.6 is 0 Å². The Morgan fingerprint density at radius 3 is 2.58 bits per heavy atom. The third kappa shape index (κ3) is 2.17. The Morgan fingerprint density at radius 1 is 1.04 bits per heavy atom. The second kappa shape index (κ2) is 5.20. The van der Waals surface area contributed by atoms with Gasteiger partial charge in [0.1, 0.15) is 5.75 Å². The highest BCUT2D eigenvalue weighted by atomic mass is 16.3. The lowest BCUT2D eigenvalue weighted by atomic mass is 10.1. The molecular formula is C16H12N6O2. The van der Waals surface area contributed by atoms with Crippen LogP contribution in [-0.2, 0) is 0 Å². The van der Waals surface area contributed by atoms with Crippen molar-refractivity contribution in [1.29, 1.82) is 0 Å². The lowest BCUT2D eigenvalue weighted by molar-refractivity contribution is 0.478. The molecule has 0 aliphatic rings. The second-order valence-electron chi connectivity index (χ2n) is 5.20. The number of aromatic amines is 1. The topological polar surface area (TPSA) is 122 Å². The Balaban J connectivity index is 1.95. The van der Waals surface area contributed by atoms with E-state index in [0.29, 0.717) is 17.0 Å². The van der Waals surface area contributed by atoms with Crippen molar-refractivity contribution >= 4 is 11.5 Å². The van der Waals surface area contributed by atoms with Crippen LogP contribution in [0.1, 0.15) is 0 Å². The minimum absolute atomic E-state index is 0.0149.